The summed E-state index contributed by atoms with van der Waals surface area (Å²) < 4.78 is 0. The van der Waals surface area contributed by atoms with Crippen LogP contribution < -0.4 is 5.32 Å². The molecule has 0 radical (unpaired) electrons. The molecule has 0 aromatic carbocycles. The van der Waals surface area contributed by atoms with Crippen LogP contribution in [0, 0.1) is 5.92 Å². The summed E-state index contributed by atoms with van der Waals surface area (Å²) >= 11 is 1.35. The van der Waals surface area contributed by atoms with Crippen LogP contribution in [-0.4, -0.2) is 47.6 Å². The molecular weight excluding hydrogens is 276 g/mol. The van der Waals surface area contributed by atoms with E-state index < -0.39 is 6.04 Å². The van der Waals surface area contributed by atoms with Gasteiger partial charge in [-0.15, -0.1) is 11.3 Å². The third-order valence-electron chi connectivity index (χ3n) is 3.58. The molecule has 2 amide bonds. The smallest absolute Gasteiger partial charge is 0.261 e. The van der Waals surface area contributed by atoms with E-state index in [0.717, 1.165) is 12.8 Å². The van der Waals surface area contributed by atoms with E-state index in [9.17, 15) is 14.7 Å². The van der Waals surface area contributed by atoms with Crippen LogP contribution in [0.25, 0.3) is 0 Å². The first-order chi connectivity index (χ1) is 9.47. The number of nitrogens with zero attached hydrogens (tertiary/aromatic N) is 1. The molecule has 0 aliphatic heterocycles. The van der Waals surface area contributed by atoms with Crippen LogP contribution in [0.3, 0.4) is 0 Å². The summed E-state index contributed by atoms with van der Waals surface area (Å²) in [5.41, 5.74) is 0. The predicted molar refractivity (Wildman–Crippen MR) is 77.6 cm³/mol. The van der Waals surface area contributed by atoms with Crippen molar-refractivity contribution in [2.24, 2.45) is 5.92 Å². The van der Waals surface area contributed by atoms with Crippen molar-refractivity contribution >= 4 is 23.2 Å². The van der Waals surface area contributed by atoms with E-state index >= 15 is 0 Å². The van der Waals surface area contributed by atoms with Gasteiger partial charge in [-0.05, 0) is 37.1 Å². The maximum atomic E-state index is 12.2. The van der Waals surface area contributed by atoms with Gasteiger partial charge < -0.3 is 15.3 Å². The lowest BCUT2D eigenvalue weighted by Crippen LogP contribution is -2.48. The summed E-state index contributed by atoms with van der Waals surface area (Å²) in [6, 6.07) is 3.00. The first kappa shape index (κ1) is 15.0. The Bertz CT molecular complexity index is 469. The van der Waals surface area contributed by atoms with Crippen molar-refractivity contribution in [2.75, 3.05) is 13.6 Å². The van der Waals surface area contributed by atoms with E-state index in [1.807, 2.05) is 5.38 Å². The van der Waals surface area contributed by atoms with Crippen LogP contribution >= 0.6 is 11.3 Å². The zero-order valence-corrected chi connectivity index (χ0v) is 12.5. The maximum absolute atomic E-state index is 12.2. The van der Waals surface area contributed by atoms with Gasteiger partial charge in [0.15, 0.2) is 0 Å². The molecule has 6 heteroatoms. The average molecular weight is 296 g/mol. The lowest BCUT2D eigenvalue weighted by atomic mass is 9.82. The Balaban J connectivity index is 1.80. The summed E-state index contributed by atoms with van der Waals surface area (Å²) in [6.45, 7) is 2.33. The molecule has 1 aromatic rings. The highest BCUT2D eigenvalue weighted by Gasteiger charge is 2.30. The van der Waals surface area contributed by atoms with Crippen LogP contribution in [0.4, 0.5) is 0 Å². The highest BCUT2D eigenvalue weighted by molar-refractivity contribution is 7.12. The van der Waals surface area contributed by atoms with E-state index in [2.05, 4.69) is 5.32 Å². The number of aliphatic hydroxyl groups excluding tert-OH is 1. The van der Waals surface area contributed by atoms with Gasteiger partial charge in [0, 0.05) is 13.6 Å². The third kappa shape index (κ3) is 3.58. The topological polar surface area (TPSA) is 69.6 Å². The molecule has 1 aliphatic rings. The molecule has 0 bridgehead atoms. The van der Waals surface area contributed by atoms with Gasteiger partial charge in [0.05, 0.1) is 11.0 Å². The first-order valence-corrected chi connectivity index (χ1v) is 7.62. The van der Waals surface area contributed by atoms with Crippen LogP contribution in [0.1, 0.15) is 29.4 Å². The van der Waals surface area contributed by atoms with Crippen LogP contribution in [-0.2, 0) is 4.79 Å². The second-order valence-electron chi connectivity index (χ2n) is 5.38. The Morgan fingerprint density at radius 2 is 2.25 bits per heavy atom. The number of carbonyl (C=O) groups excluding carboxylic acids is 2. The molecule has 110 valence electrons. The third-order valence-corrected chi connectivity index (χ3v) is 4.45. The van der Waals surface area contributed by atoms with Gasteiger partial charge >= 0.3 is 0 Å². The molecule has 1 saturated carbocycles. The molecule has 1 fully saturated rings. The largest absolute Gasteiger partial charge is 0.393 e. The minimum atomic E-state index is -0.542. The van der Waals surface area contributed by atoms with Crippen LogP contribution in [0.5, 0.6) is 0 Å². The number of thiophene rings is 1. The fraction of sp³-hybridized carbons (Fsp3) is 0.571. The molecule has 0 spiro atoms. The summed E-state index contributed by atoms with van der Waals surface area (Å²) in [5, 5.41) is 13.8. The monoisotopic (exact) mass is 296 g/mol. The van der Waals surface area contributed by atoms with Crippen molar-refractivity contribution in [2.45, 2.75) is 31.9 Å². The maximum Gasteiger partial charge on any atom is 0.261 e. The van der Waals surface area contributed by atoms with Crippen LogP contribution in [0.15, 0.2) is 17.5 Å². The normalized spacial score (nSPS) is 22.8. The Morgan fingerprint density at radius 3 is 2.80 bits per heavy atom. The van der Waals surface area contributed by atoms with Gasteiger partial charge in [0.2, 0.25) is 5.91 Å². The highest BCUT2D eigenvalue weighted by Crippen LogP contribution is 2.27. The Hall–Kier alpha value is -1.40. The molecule has 20 heavy (non-hydrogen) atoms. The molecule has 1 atom stereocenters. The fourth-order valence-corrected chi connectivity index (χ4v) is 3.02. The number of hydrogen-bond donors (Lipinski definition) is 2. The second kappa shape index (κ2) is 6.37. The molecular formula is C14H20N2O3S. The van der Waals surface area contributed by atoms with Crippen molar-refractivity contribution in [1.82, 2.24) is 10.2 Å². The number of aliphatic hydroxyl groups is 1. The SMILES string of the molecule is CC(NC(=O)c1cccs1)C(=O)N(C)CC1CC(O)C1. The molecule has 5 nitrogen and oxygen atoms in total. The number of rotatable bonds is 5. The predicted octanol–water partition coefficient (Wildman–Crippen LogP) is 1.10. The number of carbonyl (C=O) groups is 2. The first-order valence-electron chi connectivity index (χ1n) is 6.74. The summed E-state index contributed by atoms with van der Waals surface area (Å²) in [6.07, 6.45) is 1.31. The number of nitrogens with one attached hydrogen (secondary N) is 1. The molecule has 1 aromatic heterocycles. The average Bonchev–Trinajstić information content (AvgIpc) is 2.89. The Labute approximate surface area is 122 Å². The highest BCUT2D eigenvalue weighted by atomic mass is 32.1. The fourth-order valence-electron chi connectivity index (χ4n) is 2.39. The standard InChI is InChI=1S/C14H20N2O3S/c1-9(15-13(18)12-4-3-5-20-12)14(19)16(2)8-10-6-11(17)7-10/h3-5,9-11,17H,6-8H2,1-2H3,(H,15,18). The Morgan fingerprint density at radius 1 is 1.55 bits per heavy atom. The molecule has 1 aliphatic carbocycles. The minimum absolute atomic E-state index is 0.101. The molecule has 1 unspecified atom stereocenters. The number of amides is 2. The van der Waals surface area contributed by atoms with E-state index in [0.29, 0.717) is 17.3 Å². The van der Waals surface area contributed by atoms with Crippen molar-refractivity contribution in [3.63, 3.8) is 0 Å². The number of hydrogen-bond acceptors (Lipinski definition) is 4. The summed E-state index contributed by atoms with van der Waals surface area (Å²) in [7, 11) is 1.74. The van der Waals surface area contributed by atoms with E-state index in [4.69, 9.17) is 0 Å². The van der Waals surface area contributed by atoms with Crippen LogP contribution in [0.2, 0.25) is 0 Å². The molecule has 0 saturated heterocycles. The van der Waals surface area contributed by atoms with Gasteiger partial charge in [-0.3, -0.25) is 9.59 Å². The van der Waals surface area contributed by atoms with Gasteiger partial charge in [0.1, 0.15) is 6.04 Å². The summed E-state index contributed by atoms with van der Waals surface area (Å²) in [4.78, 5) is 26.3. The molecule has 1 heterocycles. The summed E-state index contributed by atoms with van der Waals surface area (Å²) in [5.74, 6) is 0.0590. The van der Waals surface area contributed by atoms with Gasteiger partial charge in [0.25, 0.3) is 5.91 Å². The number of likely N-dealkylation sites (N-methyl/N-ethyl adjacent to an activating group) is 1. The van der Waals surface area contributed by atoms with E-state index in [1.54, 1.807) is 31.0 Å². The molecule has 2 rings (SSSR count). The Kier molecular flexibility index (Phi) is 4.77. The van der Waals surface area contributed by atoms with E-state index in [1.165, 1.54) is 11.3 Å². The quantitative estimate of drug-likeness (QED) is 0.855. The minimum Gasteiger partial charge on any atom is -0.393 e. The van der Waals surface area contributed by atoms with Crippen molar-refractivity contribution in [3.8, 4) is 0 Å². The van der Waals surface area contributed by atoms with Gasteiger partial charge in [-0.2, -0.15) is 0 Å². The zero-order chi connectivity index (χ0) is 14.7. The lowest BCUT2D eigenvalue weighted by molar-refractivity contribution is -0.133. The van der Waals surface area contributed by atoms with Crippen molar-refractivity contribution in [1.29, 1.82) is 0 Å². The zero-order valence-electron chi connectivity index (χ0n) is 11.7. The van der Waals surface area contributed by atoms with E-state index in [-0.39, 0.29) is 17.9 Å². The van der Waals surface area contributed by atoms with Crippen molar-refractivity contribution < 1.29 is 14.7 Å². The van der Waals surface area contributed by atoms with Crippen molar-refractivity contribution in [3.05, 3.63) is 22.4 Å². The molecule has 2 N–H and O–H groups in total. The lowest BCUT2D eigenvalue weighted by Gasteiger charge is -2.35. The second-order valence-corrected chi connectivity index (χ2v) is 6.33. The van der Waals surface area contributed by atoms with Gasteiger partial charge in [-0.25, -0.2) is 0 Å². The van der Waals surface area contributed by atoms with Gasteiger partial charge in [-0.1, -0.05) is 6.07 Å².